The number of amides is 1. The minimum absolute atomic E-state index is 0.201. The molecule has 0 aromatic carbocycles. The molecular weight excluding hydrogens is 743 g/mol. The average molecular weight is 834 g/mol. The lowest BCUT2D eigenvalue weighted by Gasteiger charge is -2.40. The number of carbonyl (C=O) groups excluding carboxylic acids is 1. The van der Waals surface area contributed by atoms with Crippen molar-refractivity contribution >= 4 is 5.91 Å². The van der Waals surface area contributed by atoms with Crippen LogP contribution in [-0.4, -0.2) is 87.5 Å². The number of unbranched alkanes of at least 4 members (excludes halogenated alkanes) is 24. The molecule has 7 atom stereocenters. The fourth-order valence-electron chi connectivity index (χ4n) is 7.42. The lowest BCUT2D eigenvalue weighted by atomic mass is 9.99. The van der Waals surface area contributed by atoms with E-state index in [0.29, 0.717) is 6.42 Å². The van der Waals surface area contributed by atoms with Gasteiger partial charge in [-0.2, -0.15) is 0 Å². The van der Waals surface area contributed by atoms with Crippen LogP contribution in [0.25, 0.3) is 0 Å². The Hall–Kier alpha value is -1.85. The Bertz CT molecular complexity index is 1060. The second-order valence-corrected chi connectivity index (χ2v) is 16.9. The van der Waals surface area contributed by atoms with Crippen molar-refractivity contribution in [3.8, 4) is 0 Å². The molecule has 1 saturated heterocycles. The first-order chi connectivity index (χ1) is 28.8. The van der Waals surface area contributed by atoms with E-state index in [-0.39, 0.29) is 12.5 Å². The molecule has 1 heterocycles. The highest BCUT2D eigenvalue weighted by atomic mass is 16.7. The van der Waals surface area contributed by atoms with Gasteiger partial charge in [0.25, 0.3) is 0 Å². The molecule has 1 aliphatic heterocycles. The van der Waals surface area contributed by atoms with Crippen LogP contribution in [0.15, 0.2) is 48.6 Å². The van der Waals surface area contributed by atoms with E-state index in [9.17, 15) is 30.3 Å². The van der Waals surface area contributed by atoms with E-state index in [1.807, 2.05) is 6.08 Å². The molecule has 0 aromatic rings. The van der Waals surface area contributed by atoms with Gasteiger partial charge in [-0.05, 0) is 70.6 Å². The molecule has 7 unspecified atom stereocenters. The summed E-state index contributed by atoms with van der Waals surface area (Å²) >= 11 is 0. The third-order valence-electron chi connectivity index (χ3n) is 11.4. The molecule has 0 aliphatic carbocycles. The normalized spacial score (nSPS) is 21.1. The predicted octanol–water partition coefficient (Wildman–Crippen LogP) is 10.6. The third kappa shape index (κ3) is 30.8. The van der Waals surface area contributed by atoms with Gasteiger partial charge in [0, 0.05) is 6.42 Å². The van der Waals surface area contributed by atoms with Crippen LogP contribution in [-0.2, 0) is 14.3 Å². The molecule has 1 fully saturated rings. The highest BCUT2D eigenvalue weighted by Crippen LogP contribution is 2.22. The minimum Gasteiger partial charge on any atom is -0.394 e. The molecule has 0 radical (unpaired) electrons. The van der Waals surface area contributed by atoms with E-state index >= 15 is 0 Å². The molecule has 59 heavy (non-hydrogen) atoms. The van der Waals surface area contributed by atoms with E-state index < -0.39 is 49.5 Å². The Morgan fingerprint density at radius 1 is 0.559 bits per heavy atom. The van der Waals surface area contributed by atoms with Crippen molar-refractivity contribution in [2.24, 2.45) is 0 Å². The van der Waals surface area contributed by atoms with Crippen LogP contribution in [0, 0.1) is 0 Å². The van der Waals surface area contributed by atoms with Gasteiger partial charge in [-0.1, -0.05) is 178 Å². The van der Waals surface area contributed by atoms with Crippen LogP contribution >= 0.6 is 0 Å². The SMILES string of the molecule is CCCCCCCC/C=C\CCCCCCCC(=O)NC(COC1OC(CO)C(O)C(O)C1O)C(O)/C=C/CC/C=C/CC/C=C/CCCCCCCCCCCCC. The summed E-state index contributed by atoms with van der Waals surface area (Å²) in [5.74, 6) is -0.201. The molecule has 1 rings (SSSR count). The second kappa shape index (κ2) is 40.2. The topological polar surface area (TPSA) is 149 Å². The number of hydrogen-bond donors (Lipinski definition) is 6. The molecule has 0 bridgehead atoms. The lowest BCUT2D eigenvalue weighted by molar-refractivity contribution is -0.302. The number of ether oxygens (including phenoxy) is 2. The third-order valence-corrected chi connectivity index (χ3v) is 11.4. The Labute approximate surface area is 361 Å². The highest BCUT2D eigenvalue weighted by molar-refractivity contribution is 5.76. The molecular formula is C50H91NO8. The Morgan fingerprint density at radius 2 is 0.966 bits per heavy atom. The van der Waals surface area contributed by atoms with Gasteiger partial charge in [0.1, 0.15) is 24.4 Å². The van der Waals surface area contributed by atoms with Crippen LogP contribution in [0.3, 0.4) is 0 Å². The van der Waals surface area contributed by atoms with E-state index in [4.69, 9.17) is 9.47 Å². The van der Waals surface area contributed by atoms with Gasteiger partial charge in [0.2, 0.25) is 5.91 Å². The number of hydrogen-bond acceptors (Lipinski definition) is 8. The maximum absolute atomic E-state index is 13.0. The maximum atomic E-state index is 13.0. The summed E-state index contributed by atoms with van der Waals surface area (Å²) in [4.78, 5) is 13.0. The van der Waals surface area contributed by atoms with Crippen molar-refractivity contribution in [3.63, 3.8) is 0 Å². The summed E-state index contributed by atoms with van der Waals surface area (Å²) in [6.45, 7) is 3.74. The van der Waals surface area contributed by atoms with Crippen LogP contribution in [0.2, 0.25) is 0 Å². The molecule has 344 valence electrons. The van der Waals surface area contributed by atoms with Crippen LogP contribution in [0.5, 0.6) is 0 Å². The number of aliphatic hydroxyl groups is 5. The van der Waals surface area contributed by atoms with E-state index in [1.165, 1.54) is 122 Å². The second-order valence-electron chi connectivity index (χ2n) is 16.9. The van der Waals surface area contributed by atoms with Crippen molar-refractivity contribution in [3.05, 3.63) is 48.6 Å². The zero-order valence-corrected chi connectivity index (χ0v) is 37.7. The maximum Gasteiger partial charge on any atom is 0.220 e. The first kappa shape index (κ1) is 55.2. The summed E-state index contributed by atoms with van der Waals surface area (Å²) in [6, 6.07) is -0.832. The highest BCUT2D eigenvalue weighted by Gasteiger charge is 2.44. The summed E-state index contributed by atoms with van der Waals surface area (Å²) in [7, 11) is 0. The van der Waals surface area contributed by atoms with Crippen molar-refractivity contribution in [1.82, 2.24) is 5.32 Å². The van der Waals surface area contributed by atoms with Gasteiger partial charge in [-0.15, -0.1) is 0 Å². The van der Waals surface area contributed by atoms with Gasteiger partial charge in [0.15, 0.2) is 6.29 Å². The minimum atomic E-state index is -1.58. The predicted molar refractivity (Wildman–Crippen MR) is 244 cm³/mol. The van der Waals surface area contributed by atoms with E-state index in [0.717, 1.165) is 64.2 Å². The van der Waals surface area contributed by atoms with Crippen molar-refractivity contribution < 1.29 is 39.8 Å². The molecule has 6 N–H and O–H groups in total. The zero-order chi connectivity index (χ0) is 43.0. The number of aliphatic hydroxyl groups excluding tert-OH is 5. The summed E-state index contributed by atoms with van der Waals surface area (Å²) in [5, 5.41) is 54.2. The Balaban J connectivity index is 2.38. The summed E-state index contributed by atoms with van der Waals surface area (Å²) < 4.78 is 11.2. The van der Waals surface area contributed by atoms with Crippen molar-refractivity contribution in [2.45, 2.75) is 249 Å². The van der Waals surface area contributed by atoms with E-state index in [2.05, 4.69) is 55.6 Å². The van der Waals surface area contributed by atoms with Crippen molar-refractivity contribution in [1.29, 1.82) is 0 Å². The van der Waals surface area contributed by atoms with Gasteiger partial charge in [-0.3, -0.25) is 4.79 Å². The van der Waals surface area contributed by atoms with Gasteiger partial charge >= 0.3 is 0 Å². The zero-order valence-electron chi connectivity index (χ0n) is 37.7. The first-order valence-corrected chi connectivity index (χ1v) is 24.4. The molecule has 0 aromatic heterocycles. The largest absolute Gasteiger partial charge is 0.394 e. The Morgan fingerprint density at radius 3 is 1.42 bits per heavy atom. The average Bonchev–Trinajstić information content (AvgIpc) is 3.23. The van der Waals surface area contributed by atoms with E-state index in [1.54, 1.807) is 6.08 Å². The summed E-state index contributed by atoms with van der Waals surface area (Å²) in [6.07, 6.45) is 44.4. The van der Waals surface area contributed by atoms with Crippen LogP contribution in [0.4, 0.5) is 0 Å². The molecule has 1 aliphatic rings. The molecule has 1 amide bonds. The monoisotopic (exact) mass is 834 g/mol. The molecule has 0 spiro atoms. The Kier molecular flexibility index (Phi) is 37.6. The quantitative estimate of drug-likeness (QED) is 0.0264. The fourth-order valence-corrected chi connectivity index (χ4v) is 7.42. The number of allylic oxidation sites excluding steroid dienone is 7. The van der Waals surface area contributed by atoms with Gasteiger partial charge in [0.05, 0.1) is 25.4 Å². The standard InChI is InChI=1S/C50H91NO8/c1-3-5-7-9-11-13-15-17-19-20-21-22-23-24-26-27-29-31-33-35-37-39-44(53)43(42-58-50-49(57)48(56)47(55)45(41-52)59-50)51-46(54)40-38-36-34-32-30-28-25-18-16-14-12-10-8-6-4-2/h18,23-25,29,31,37,39,43-45,47-50,52-53,55-57H,3-17,19-22,26-28,30,32-36,38,40-42H2,1-2H3,(H,51,54)/b24-23+,25-18-,31-29+,39-37+. The number of carbonyl (C=O) groups is 1. The van der Waals surface area contributed by atoms with Crippen molar-refractivity contribution in [2.75, 3.05) is 13.2 Å². The van der Waals surface area contributed by atoms with Crippen LogP contribution < -0.4 is 5.32 Å². The smallest absolute Gasteiger partial charge is 0.220 e. The summed E-state index contributed by atoms with van der Waals surface area (Å²) in [5.41, 5.74) is 0. The van der Waals surface area contributed by atoms with Crippen LogP contribution in [0.1, 0.15) is 206 Å². The fraction of sp³-hybridized carbons (Fsp3) is 0.820. The molecule has 9 nitrogen and oxygen atoms in total. The lowest BCUT2D eigenvalue weighted by Crippen LogP contribution is -2.60. The number of rotatable bonds is 40. The van der Waals surface area contributed by atoms with Gasteiger partial charge < -0.3 is 40.3 Å². The van der Waals surface area contributed by atoms with Gasteiger partial charge in [-0.25, -0.2) is 0 Å². The number of nitrogens with one attached hydrogen (secondary N) is 1. The molecule has 9 heteroatoms. The molecule has 0 saturated carbocycles. The first-order valence-electron chi connectivity index (χ1n) is 24.4.